The number of hydrogen-bond acceptors (Lipinski definition) is 8. The first-order chi connectivity index (χ1) is 12.7. The minimum Gasteiger partial charge on any atom is -0.376 e. The van der Waals surface area contributed by atoms with E-state index in [1.54, 1.807) is 6.07 Å². The minimum absolute atomic E-state index is 0.0359. The molecular weight excluding hydrogens is 370 g/mol. The molecule has 0 radical (unpaired) electrons. The maximum absolute atomic E-state index is 12.2. The molecule has 9 heteroatoms. The van der Waals surface area contributed by atoms with E-state index in [1.165, 1.54) is 23.1 Å². The van der Waals surface area contributed by atoms with Gasteiger partial charge in [-0.3, -0.25) is 4.79 Å². The number of nitrogens with zero attached hydrogens (tertiary/aromatic N) is 3. The molecule has 2 atom stereocenters. The number of fused-ring (bicyclic) bond motifs is 1. The van der Waals surface area contributed by atoms with Crippen LogP contribution < -0.4 is 10.9 Å². The summed E-state index contributed by atoms with van der Waals surface area (Å²) in [6, 6.07) is 7.35. The quantitative estimate of drug-likeness (QED) is 0.625. The number of thioether (sulfide) groups is 1. The Kier molecular flexibility index (Phi) is 5.18. The first-order valence-electron chi connectivity index (χ1n) is 8.53. The van der Waals surface area contributed by atoms with Crippen LogP contribution in [0.4, 0.5) is 5.13 Å². The number of ether oxygens (including phenoxy) is 1. The van der Waals surface area contributed by atoms with Crippen molar-refractivity contribution in [3.63, 3.8) is 0 Å². The average Bonchev–Trinajstić information content (AvgIpc) is 3.31. The van der Waals surface area contributed by atoms with Crippen LogP contribution >= 0.6 is 23.1 Å². The largest absolute Gasteiger partial charge is 0.376 e. The summed E-state index contributed by atoms with van der Waals surface area (Å²) in [7, 11) is 0. The summed E-state index contributed by atoms with van der Waals surface area (Å²) in [6.07, 6.45) is 2.48. The van der Waals surface area contributed by atoms with Crippen LogP contribution in [0, 0.1) is 0 Å². The highest BCUT2D eigenvalue weighted by atomic mass is 32.2. The summed E-state index contributed by atoms with van der Waals surface area (Å²) in [6.45, 7) is 3.60. The normalized spacial score (nSPS) is 18.3. The highest BCUT2D eigenvalue weighted by Crippen LogP contribution is 2.36. The second-order valence-electron chi connectivity index (χ2n) is 6.12. The van der Waals surface area contributed by atoms with Crippen LogP contribution in [0.1, 0.15) is 30.8 Å². The summed E-state index contributed by atoms with van der Waals surface area (Å²) in [5.74, 6) is 0.641. The predicted molar refractivity (Wildman–Crippen MR) is 104 cm³/mol. The van der Waals surface area contributed by atoms with E-state index in [9.17, 15) is 4.79 Å². The Labute approximate surface area is 158 Å². The molecule has 0 bridgehead atoms. The third kappa shape index (κ3) is 3.89. The smallest absolute Gasteiger partial charge is 0.258 e. The molecule has 0 saturated carbocycles. The third-order valence-corrected chi connectivity index (χ3v) is 6.28. The third-order valence-electron chi connectivity index (χ3n) is 4.21. The number of hydrogen-bond donors (Lipinski definition) is 2. The Bertz CT molecular complexity index is 951. The lowest BCUT2D eigenvalue weighted by molar-refractivity contribution is 0.120. The molecule has 2 N–H and O–H groups in total. The molecule has 7 nitrogen and oxygen atoms in total. The summed E-state index contributed by atoms with van der Waals surface area (Å²) in [5, 5.41) is 13.0. The van der Waals surface area contributed by atoms with Gasteiger partial charge < -0.3 is 15.0 Å². The Morgan fingerprint density at radius 2 is 2.31 bits per heavy atom. The van der Waals surface area contributed by atoms with Crippen LogP contribution in [-0.4, -0.2) is 39.4 Å². The molecule has 1 fully saturated rings. The van der Waals surface area contributed by atoms with Crippen LogP contribution in [0.15, 0.2) is 33.4 Å². The van der Waals surface area contributed by atoms with Crippen LogP contribution in [0.5, 0.6) is 0 Å². The highest BCUT2D eigenvalue weighted by Gasteiger charge is 2.17. The van der Waals surface area contributed by atoms with Crippen molar-refractivity contribution >= 4 is 39.1 Å². The fourth-order valence-electron chi connectivity index (χ4n) is 2.84. The fraction of sp³-hybridized carbons (Fsp3) is 0.412. The van der Waals surface area contributed by atoms with Gasteiger partial charge in [0.25, 0.3) is 5.56 Å². The van der Waals surface area contributed by atoms with Gasteiger partial charge in [-0.1, -0.05) is 35.2 Å². The van der Waals surface area contributed by atoms with E-state index in [4.69, 9.17) is 4.74 Å². The Morgan fingerprint density at radius 3 is 3.15 bits per heavy atom. The Morgan fingerprint density at radius 1 is 1.42 bits per heavy atom. The van der Waals surface area contributed by atoms with Gasteiger partial charge in [0.05, 0.1) is 22.3 Å². The van der Waals surface area contributed by atoms with E-state index >= 15 is 0 Å². The second-order valence-corrected chi connectivity index (χ2v) is 8.68. The molecule has 1 aliphatic rings. The molecule has 4 rings (SSSR count). The number of aromatic nitrogens is 4. The molecular formula is C17H19N5O2S2. The molecule has 1 saturated heterocycles. The van der Waals surface area contributed by atoms with Crippen molar-refractivity contribution in [3.8, 4) is 0 Å². The number of para-hydroxylation sites is 1. The van der Waals surface area contributed by atoms with Crippen LogP contribution in [-0.2, 0) is 4.74 Å². The molecule has 1 aliphatic heterocycles. The molecule has 136 valence electrons. The van der Waals surface area contributed by atoms with Crippen molar-refractivity contribution in [2.24, 2.45) is 0 Å². The van der Waals surface area contributed by atoms with E-state index in [0.29, 0.717) is 16.7 Å². The number of aromatic amines is 1. The van der Waals surface area contributed by atoms with E-state index in [1.807, 2.05) is 25.1 Å². The van der Waals surface area contributed by atoms with Gasteiger partial charge in [0.1, 0.15) is 5.82 Å². The number of benzene rings is 1. The fourth-order valence-corrected chi connectivity index (χ4v) is 4.80. The van der Waals surface area contributed by atoms with E-state index < -0.39 is 0 Å². The monoisotopic (exact) mass is 389 g/mol. The van der Waals surface area contributed by atoms with Crippen molar-refractivity contribution in [1.82, 2.24) is 20.2 Å². The number of anilines is 1. The lowest BCUT2D eigenvalue weighted by atomic mass is 10.2. The zero-order chi connectivity index (χ0) is 17.9. The lowest BCUT2D eigenvalue weighted by Gasteiger charge is -2.09. The molecule has 3 heterocycles. The van der Waals surface area contributed by atoms with Crippen LogP contribution in [0.25, 0.3) is 10.9 Å². The predicted octanol–water partition coefficient (Wildman–Crippen LogP) is 3.22. The van der Waals surface area contributed by atoms with Crippen LogP contribution in [0.3, 0.4) is 0 Å². The van der Waals surface area contributed by atoms with Crippen LogP contribution in [0.2, 0.25) is 0 Å². The maximum Gasteiger partial charge on any atom is 0.258 e. The summed E-state index contributed by atoms with van der Waals surface area (Å²) < 4.78 is 6.43. The van der Waals surface area contributed by atoms with Gasteiger partial charge in [-0.25, -0.2) is 4.98 Å². The Hall–Kier alpha value is -1.97. The second kappa shape index (κ2) is 7.73. The zero-order valence-corrected chi connectivity index (χ0v) is 15.9. The molecule has 0 spiro atoms. The Balaban J connectivity index is 1.43. The van der Waals surface area contributed by atoms with Crippen molar-refractivity contribution in [2.75, 3.05) is 18.5 Å². The molecule has 26 heavy (non-hydrogen) atoms. The average molecular weight is 390 g/mol. The van der Waals surface area contributed by atoms with Gasteiger partial charge >= 0.3 is 0 Å². The topological polar surface area (TPSA) is 92.8 Å². The first-order valence-corrected chi connectivity index (χ1v) is 10.2. The zero-order valence-electron chi connectivity index (χ0n) is 14.3. The van der Waals surface area contributed by atoms with Crippen molar-refractivity contribution in [2.45, 2.75) is 35.5 Å². The number of rotatable bonds is 6. The van der Waals surface area contributed by atoms with Crippen molar-refractivity contribution in [3.05, 3.63) is 40.4 Å². The lowest BCUT2D eigenvalue weighted by Crippen LogP contribution is -2.18. The van der Waals surface area contributed by atoms with Gasteiger partial charge in [0.2, 0.25) is 5.13 Å². The standard InChI is InChI=1S/C17H19N5O2S2/c1-10(14-19-13-7-3-2-6-12(13)15(23)20-14)25-17-22-21-16(26-17)18-9-11-5-4-8-24-11/h2-3,6-7,10-11H,4-5,8-9H2,1H3,(H,18,21)(H,19,20,23)/t10-,11-/m1/s1. The summed E-state index contributed by atoms with van der Waals surface area (Å²) >= 11 is 3.04. The minimum atomic E-state index is -0.116. The molecule has 1 aromatic carbocycles. The first kappa shape index (κ1) is 17.4. The van der Waals surface area contributed by atoms with Crippen molar-refractivity contribution in [1.29, 1.82) is 0 Å². The van der Waals surface area contributed by atoms with Gasteiger partial charge in [-0.05, 0) is 31.9 Å². The molecule has 2 aromatic heterocycles. The van der Waals surface area contributed by atoms with E-state index in [2.05, 4.69) is 25.5 Å². The number of H-pyrrole nitrogens is 1. The van der Waals surface area contributed by atoms with Gasteiger partial charge in [-0.2, -0.15) is 0 Å². The highest BCUT2D eigenvalue weighted by molar-refractivity contribution is 8.01. The van der Waals surface area contributed by atoms with Gasteiger partial charge in [0, 0.05) is 13.2 Å². The maximum atomic E-state index is 12.2. The van der Waals surface area contributed by atoms with E-state index in [0.717, 1.165) is 35.5 Å². The summed E-state index contributed by atoms with van der Waals surface area (Å²) in [4.78, 5) is 19.7. The molecule has 3 aromatic rings. The number of nitrogens with one attached hydrogen (secondary N) is 2. The SMILES string of the molecule is C[C@@H](Sc1nnc(NC[C@H]2CCCO2)s1)c1nc2ccccc2c(=O)[nH]1. The van der Waals surface area contributed by atoms with Gasteiger partial charge in [-0.15, -0.1) is 10.2 Å². The van der Waals surface area contributed by atoms with Crippen molar-refractivity contribution < 1.29 is 4.74 Å². The van der Waals surface area contributed by atoms with E-state index in [-0.39, 0.29) is 16.9 Å². The molecule has 0 amide bonds. The molecule has 0 unspecified atom stereocenters. The van der Waals surface area contributed by atoms with Gasteiger partial charge in [0.15, 0.2) is 4.34 Å². The molecule has 0 aliphatic carbocycles. The summed E-state index contributed by atoms with van der Waals surface area (Å²) in [5.41, 5.74) is 0.587.